The van der Waals surface area contributed by atoms with Crippen LogP contribution in [0.15, 0.2) is 57.5 Å². The molecule has 0 saturated carbocycles. The Morgan fingerprint density at radius 2 is 1.05 bits per heavy atom. The summed E-state index contributed by atoms with van der Waals surface area (Å²) in [5, 5.41) is 0. The predicted molar refractivity (Wildman–Crippen MR) is 90.9 cm³/mol. The van der Waals surface area contributed by atoms with Crippen molar-refractivity contribution in [1.29, 1.82) is 0 Å². The van der Waals surface area contributed by atoms with Gasteiger partial charge < -0.3 is 4.74 Å². The summed E-state index contributed by atoms with van der Waals surface area (Å²) in [6, 6.07) is 14.2. The van der Waals surface area contributed by atoms with E-state index in [-0.39, 0.29) is 0 Å². The molecule has 0 N–H and O–H groups in total. The van der Waals surface area contributed by atoms with Gasteiger partial charge >= 0.3 is 0 Å². The Bertz CT molecular complexity index is 585. The third-order valence-electron chi connectivity index (χ3n) is 2.51. The molecule has 0 spiro atoms. The standard InChI is InChI=1S/C14H8B2Br2O3/c17-11-5-1-9(2-6-11)15-13(19)21-14(20)16-10-3-7-12(18)8-4-10/h1-8H. The molecule has 0 aliphatic carbocycles. The lowest BCUT2D eigenvalue weighted by molar-refractivity contribution is 0.184. The third kappa shape index (κ3) is 5.52. The summed E-state index contributed by atoms with van der Waals surface area (Å²) < 4.78 is 6.53. The highest BCUT2D eigenvalue weighted by Crippen LogP contribution is 2.06. The largest absolute Gasteiger partial charge is 0.411 e. The number of ether oxygens (including phenoxy) is 1. The number of benzene rings is 2. The van der Waals surface area contributed by atoms with Crippen molar-refractivity contribution < 1.29 is 14.3 Å². The van der Waals surface area contributed by atoms with Crippen LogP contribution < -0.4 is 10.9 Å². The molecule has 0 bridgehead atoms. The first kappa shape index (κ1) is 16.0. The zero-order valence-electron chi connectivity index (χ0n) is 10.8. The zero-order chi connectivity index (χ0) is 15.2. The van der Waals surface area contributed by atoms with Crippen LogP contribution >= 0.6 is 31.9 Å². The fraction of sp³-hybridized carbons (Fsp3) is 0. The highest BCUT2D eigenvalue weighted by atomic mass is 79.9. The number of rotatable bonds is 4. The lowest BCUT2D eigenvalue weighted by atomic mass is 9.69. The van der Waals surface area contributed by atoms with E-state index in [9.17, 15) is 9.59 Å². The van der Waals surface area contributed by atoms with Crippen molar-refractivity contribution >= 4 is 69.1 Å². The number of carbonyl (C=O) groups excluding carboxylic acids is 2. The van der Waals surface area contributed by atoms with Crippen LogP contribution in [0.4, 0.5) is 9.59 Å². The fourth-order valence-corrected chi connectivity index (χ4v) is 2.08. The Hall–Kier alpha value is -1.33. The maximum absolute atomic E-state index is 11.6. The van der Waals surface area contributed by atoms with Gasteiger partial charge in [0.15, 0.2) is 0 Å². The Balaban J connectivity index is 1.85. The van der Waals surface area contributed by atoms with Crippen molar-refractivity contribution in [3.8, 4) is 0 Å². The monoisotopic (exact) mass is 404 g/mol. The molecule has 21 heavy (non-hydrogen) atoms. The first-order chi connectivity index (χ1) is 10.0. The van der Waals surface area contributed by atoms with Crippen LogP contribution in [0, 0.1) is 0 Å². The highest BCUT2D eigenvalue weighted by molar-refractivity contribution is 9.10. The topological polar surface area (TPSA) is 43.4 Å². The molecule has 2 aromatic carbocycles. The molecule has 102 valence electrons. The number of hydrogen-bond acceptors (Lipinski definition) is 3. The molecule has 0 fully saturated rings. The minimum absolute atomic E-state index is 0.666. The molecule has 3 nitrogen and oxygen atoms in total. The normalized spacial score (nSPS) is 9.81. The SMILES string of the molecule is O=C([B]c1ccc(Br)cc1)OC(=O)[B]c1ccc(Br)cc1. The summed E-state index contributed by atoms with van der Waals surface area (Å²) >= 11 is 6.60. The van der Waals surface area contributed by atoms with Crippen molar-refractivity contribution in [2.75, 3.05) is 0 Å². The molecular formula is C14H8B2Br2O3. The molecule has 0 unspecified atom stereocenters. The summed E-state index contributed by atoms with van der Waals surface area (Å²) in [7, 11) is 2.53. The Kier molecular flexibility index (Phi) is 5.82. The van der Waals surface area contributed by atoms with Gasteiger partial charge in [-0.1, -0.05) is 67.1 Å². The van der Waals surface area contributed by atoms with E-state index in [0.29, 0.717) is 10.9 Å². The number of hydrogen-bond donors (Lipinski definition) is 0. The summed E-state index contributed by atoms with van der Waals surface area (Å²) in [5.74, 6) is -1.40. The maximum atomic E-state index is 11.6. The minimum Gasteiger partial charge on any atom is -0.411 e. The summed E-state index contributed by atoms with van der Waals surface area (Å²) in [6.45, 7) is 0. The van der Waals surface area contributed by atoms with Gasteiger partial charge in [-0.05, 0) is 24.3 Å². The van der Waals surface area contributed by atoms with E-state index < -0.39 is 11.7 Å². The second kappa shape index (κ2) is 7.61. The highest BCUT2D eigenvalue weighted by Gasteiger charge is 2.14. The fourth-order valence-electron chi connectivity index (χ4n) is 1.55. The Labute approximate surface area is 140 Å². The van der Waals surface area contributed by atoms with Gasteiger partial charge in [-0.25, -0.2) is 0 Å². The van der Waals surface area contributed by atoms with E-state index in [1.807, 2.05) is 0 Å². The maximum Gasteiger partial charge on any atom is 0.300 e. The summed E-state index contributed by atoms with van der Waals surface area (Å²) in [4.78, 5) is 23.2. The molecule has 0 atom stereocenters. The first-order valence-corrected chi connectivity index (χ1v) is 7.58. The van der Waals surface area contributed by atoms with Crippen LogP contribution in [0.25, 0.3) is 0 Å². The molecule has 2 radical (unpaired) electrons. The molecule has 0 amide bonds. The van der Waals surface area contributed by atoms with Gasteiger partial charge in [0.25, 0.3) is 26.3 Å². The predicted octanol–water partition coefficient (Wildman–Crippen LogP) is 2.83. The van der Waals surface area contributed by atoms with Crippen LogP contribution in [-0.4, -0.2) is 26.3 Å². The zero-order valence-corrected chi connectivity index (χ0v) is 13.9. The van der Waals surface area contributed by atoms with E-state index in [4.69, 9.17) is 4.74 Å². The average Bonchev–Trinajstić information content (AvgIpc) is 2.44. The van der Waals surface area contributed by atoms with Gasteiger partial charge in [0.1, 0.15) is 0 Å². The molecule has 2 rings (SSSR count). The average molecular weight is 406 g/mol. The molecule has 7 heteroatoms. The first-order valence-electron chi connectivity index (χ1n) is 5.99. The van der Waals surface area contributed by atoms with Crippen molar-refractivity contribution in [1.82, 2.24) is 0 Å². The summed E-state index contributed by atoms with van der Waals surface area (Å²) in [5.41, 5.74) is 1.33. The van der Waals surface area contributed by atoms with E-state index in [0.717, 1.165) is 8.95 Å². The van der Waals surface area contributed by atoms with Crippen molar-refractivity contribution in [2.24, 2.45) is 0 Å². The van der Waals surface area contributed by atoms with Crippen molar-refractivity contribution in [3.05, 3.63) is 57.5 Å². The van der Waals surface area contributed by atoms with Crippen LogP contribution in [0.2, 0.25) is 0 Å². The van der Waals surface area contributed by atoms with Gasteiger partial charge in [0.2, 0.25) is 0 Å². The van der Waals surface area contributed by atoms with Crippen molar-refractivity contribution in [2.45, 2.75) is 0 Å². The quantitative estimate of drug-likeness (QED) is 0.580. The minimum atomic E-state index is -0.698. The number of halogens is 2. The van der Waals surface area contributed by atoms with Gasteiger partial charge in [0.05, 0.1) is 0 Å². The van der Waals surface area contributed by atoms with Gasteiger partial charge in [0, 0.05) is 8.95 Å². The molecule has 0 aromatic heterocycles. The van der Waals surface area contributed by atoms with Crippen molar-refractivity contribution in [3.63, 3.8) is 0 Å². The number of carbonyl (C=O) groups is 2. The van der Waals surface area contributed by atoms with Crippen LogP contribution in [-0.2, 0) is 4.74 Å². The van der Waals surface area contributed by atoms with Gasteiger partial charge in [-0.15, -0.1) is 0 Å². The van der Waals surface area contributed by atoms with Gasteiger partial charge in [-0.2, -0.15) is 0 Å². The lowest BCUT2D eigenvalue weighted by Crippen LogP contribution is -2.31. The molecule has 2 aromatic rings. The molecule has 0 aliphatic heterocycles. The Morgan fingerprint density at radius 1 is 0.714 bits per heavy atom. The molecule has 0 saturated heterocycles. The third-order valence-corrected chi connectivity index (χ3v) is 3.57. The smallest absolute Gasteiger partial charge is 0.300 e. The molecular weight excluding hydrogens is 398 g/mol. The van der Waals surface area contributed by atoms with E-state index in [1.54, 1.807) is 48.5 Å². The summed E-state index contributed by atoms with van der Waals surface area (Å²) in [6.07, 6.45) is 0. The second-order valence-electron chi connectivity index (χ2n) is 4.13. The van der Waals surface area contributed by atoms with Crippen LogP contribution in [0.1, 0.15) is 0 Å². The van der Waals surface area contributed by atoms with Gasteiger partial charge in [-0.3, -0.25) is 9.59 Å². The van der Waals surface area contributed by atoms with E-state index in [2.05, 4.69) is 31.9 Å². The van der Waals surface area contributed by atoms with E-state index >= 15 is 0 Å². The lowest BCUT2D eigenvalue weighted by Gasteiger charge is -2.03. The van der Waals surface area contributed by atoms with E-state index in [1.165, 1.54) is 14.6 Å². The molecule has 0 aliphatic rings. The Morgan fingerprint density at radius 3 is 1.38 bits per heavy atom. The second-order valence-corrected chi connectivity index (χ2v) is 5.96. The molecule has 0 heterocycles. The van der Waals surface area contributed by atoms with Crippen LogP contribution in [0.5, 0.6) is 0 Å². The van der Waals surface area contributed by atoms with Crippen LogP contribution in [0.3, 0.4) is 0 Å².